The number of nitrogens with zero attached hydrogens (tertiary/aromatic N) is 1. The second-order valence-corrected chi connectivity index (χ2v) is 9.20. The van der Waals surface area contributed by atoms with Crippen molar-refractivity contribution in [2.45, 2.75) is 46.6 Å². The molecule has 0 saturated carbocycles. The van der Waals surface area contributed by atoms with Crippen LogP contribution in [0, 0.1) is 12.3 Å². The maximum absolute atomic E-state index is 11.4. The normalized spacial score (nSPS) is 17.0. The van der Waals surface area contributed by atoms with Crippen molar-refractivity contribution in [3.8, 4) is 5.75 Å². The molecule has 0 unspecified atom stereocenters. The second-order valence-electron chi connectivity index (χ2n) is 9.20. The van der Waals surface area contributed by atoms with Crippen LogP contribution in [0.25, 0.3) is 5.57 Å². The average Bonchev–Trinajstić information content (AvgIpc) is 2.89. The number of aliphatic carboxylic acids is 1. The third-order valence-corrected chi connectivity index (χ3v) is 6.51. The van der Waals surface area contributed by atoms with Gasteiger partial charge in [-0.1, -0.05) is 47.5 Å². The summed E-state index contributed by atoms with van der Waals surface area (Å²) in [6.07, 6.45) is 2.68. The fourth-order valence-corrected chi connectivity index (χ4v) is 4.41. The molecule has 0 atom stereocenters. The van der Waals surface area contributed by atoms with E-state index in [9.17, 15) is 9.90 Å². The number of benzene rings is 2. The molecule has 1 N–H and O–H groups in total. The van der Waals surface area contributed by atoms with Crippen LogP contribution in [0.15, 0.2) is 48.0 Å². The van der Waals surface area contributed by atoms with Gasteiger partial charge in [0.15, 0.2) is 0 Å². The largest absolute Gasteiger partial charge is 0.488 e. The van der Waals surface area contributed by atoms with Crippen molar-refractivity contribution in [1.82, 2.24) is 4.90 Å². The van der Waals surface area contributed by atoms with Gasteiger partial charge in [0.05, 0.1) is 5.41 Å². The minimum atomic E-state index is -0.718. The minimum absolute atomic E-state index is 0.598. The van der Waals surface area contributed by atoms with Gasteiger partial charge in [0.25, 0.3) is 0 Å². The van der Waals surface area contributed by atoms with Crippen molar-refractivity contribution in [1.29, 1.82) is 0 Å². The summed E-state index contributed by atoms with van der Waals surface area (Å²) in [6.45, 7) is 9.13. The molecule has 1 fully saturated rings. The van der Waals surface area contributed by atoms with Gasteiger partial charge in [0, 0.05) is 18.7 Å². The van der Waals surface area contributed by atoms with Gasteiger partial charge in [-0.2, -0.15) is 0 Å². The van der Waals surface area contributed by atoms with E-state index in [0.29, 0.717) is 13.0 Å². The Bertz CT molecular complexity index is 980. The molecule has 0 bridgehead atoms. The Balaban J connectivity index is 1.61. The number of fused-ring (bicyclic) bond motifs is 2. The van der Waals surface area contributed by atoms with Gasteiger partial charge in [0.1, 0.15) is 12.4 Å². The van der Waals surface area contributed by atoms with Crippen molar-refractivity contribution in [3.05, 3.63) is 70.3 Å². The molecule has 158 valence electrons. The van der Waals surface area contributed by atoms with E-state index in [4.69, 9.17) is 4.74 Å². The SMILES string of the molecule is Cc1ccc2c(c1)COc1ccccc1C2=C1CCN(CCC(C)(C)C(=O)O)CC1. The van der Waals surface area contributed by atoms with Crippen LogP contribution in [-0.4, -0.2) is 35.6 Å². The van der Waals surface area contributed by atoms with Crippen LogP contribution in [0.3, 0.4) is 0 Å². The smallest absolute Gasteiger partial charge is 0.309 e. The lowest BCUT2D eigenvalue weighted by molar-refractivity contribution is -0.147. The van der Waals surface area contributed by atoms with Gasteiger partial charge < -0.3 is 14.7 Å². The third-order valence-electron chi connectivity index (χ3n) is 6.51. The predicted molar refractivity (Wildman–Crippen MR) is 120 cm³/mol. The van der Waals surface area contributed by atoms with Crippen LogP contribution < -0.4 is 4.74 Å². The number of likely N-dealkylation sites (tertiary alicyclic amines) is 1. The summed E-state index contributed by atoms with van der Waals surface area (Å²) in [5.41, 5.74) is 7.13. The number of hydrogen-bond acceptors (Lipinski definition) is 3. The third kappa shape index (κ3) is 4.15. The Kier molecular flexibility index (Phi) is 5.70. The van der Waals surface area contributed by atoms with E-state index in [2.05, 4.69) is 48.2 Å². The van der Waals surface area contributed by atoms with Crippen LogP contribution in [0.4, 0.5) is 0 Å². The van der Waals surface area contributed by atoms with Crippen molar-refractivity contribution < 1.29 is 14.6 Å². The molecule has 2 aliphatic rings. The Morgan fingerprint density at radius 1 is 1.10 bits per heavy atom. The summed E-state index contributed by atoms with van der Waals surface area (Å²) >= 11 is 0. The molecule has 2 aromatic rings. The Morgan fingerprint density at radius 2 is 1.83 bits per heavy atom. The molecule has 0 amide bonds. The lowest BCUT2D eigenvalue weighted by Gasteiger charge is -2.32. The molecule has 2 aliphatic heterocycles. The lowest BCUT2D eigenvalue weighted by Crippen LogP contribution is -2.36. The quantitative estimate of drug-likeness (QED) is 0.751. The number of hydrogen-bond donors (Lipinski definition) is 1. The highest BCUT2D eigenvalue weighted by Crippen LogP contribution is 2.41. The minimum Gasteiger partial charge on any atom is -0.488 e. The van der Waals surface area contributed by atoms with Gasteiger partial charge in [-0.15, -0.1) is 0 Å². The van der Waals surface area contributed by atoms with Gasteiger partial charge in [-0.05, 0) is 69.3 Å². The van der Waals surface area contributed by atoms with E-state index < -0.39 is 11.4 Å². The van der Waals surface area contributed by atoms with Crippen LogP contribution in [-0.2, 0) is 11.4 Å². The zero-order chi connectivity index (χ0) is 21.3. The Morgan fingerprint density at radius 3 is 2.57 bits per heavy atom. The first kappa shape index (κ1) is 20.7. The summed E-state index contributed by atoms with van der Waals surface area (Å²) in [5.74, 6) is 0.240. The number of piperidine rings is 1. The molecule has 0 aromatic heterocycles. The molecule has 30 heavy (non-hydrogen) atoms. The number of carbonyl (C=O) groups is 1. The van der Waals surface area contributed by atoms with E-state index in [1.807, 2.05) is 19.9 Å². The topological polar surface area (TPSA) is 49.8 Å². The summed E-state index contributed by atoms with van der Waals surface area (Å²) in [4.78, 5) is 13.8. The van der Waals surface area contributed by atoms with Gasteiger partial charge in [-0.25, -0.2) is 0 Å². The first-order chi connectivity index (χ1) is 14.3. The number of aryl methyl sites for hydroxylation is 1. The number of rotatable bonds is 4. The van der Waals surface area contributed by atoms with Crippen molar-refractivity contribution in [2.75, 3.05) is 19.6 Å². The van der Waals surface area contributed by atoms with Gasteiger partial charge in [0.2, 0.25) is 0 Å². The summed E-state index contributed by atoms with van der Waals surface area (Å²) < 4.78 is 6.17. The summed E-state index contributed by atoms with van der Waals surface area (Å²) in [7, 11) is 0. The van der Waals surface area contributed by atoms with Crippen LogP contribution in [0.1, 0.15) is 55.4 Å². The summed E-state index contributed by atoms with van der Waals surface area (Å²) in [6, 6.07) is 15.0. The average molecular weight is 406 g/mol. The molecule has 4 heteroatoms. The molecule has 4 nitrogen and oxygen atoms in total. The number of carboxylic acid groups (broad SMARTS) is 1. The fourth-order valence-electron chi connectivity index (χ4n) is 4.41. The maximum Gasteiger partial charge on any atom is 0.309 e. The van der Waals surface area contributed by atoms with Crippen LogP contribution in [0.2, 0.25) is 0 Å². The first-order valence-electron chi connectivity index (χ1n) is 10.8. The molecular weight excluding hydrogens is 374 g/mol. The zero-order valence-electron chi connectivity index (χ0n) is 18.2. The highest BCUT2D eigenvalue weighted by molar-refractivity contribution is 5.87. The Hall–Kier alpha value is -2.59. The highest BCUT2D eigenvalue weighted by atomic mass is 16.5. The predicted octanol–water partition coefficient (Wildman–Crippen LogP) is 5.29. The van der Waals surface area contributed by atoms with E-state index in [0.717, 1.165) is 38.2 Å². The van der Waals surface area contributed by atoms with E-state index in [1.54, 1.807) is 0 Å². The lowest BCUT2D eigenvalue weighted by atomic mass is 9.85. The Labute approximate surface area is 179 Å². The molecule has 4 rings (SSSR count). The van der Waals surface area contributed by atoms with Crippen molar-refractivity contribution in [2.24, 2.45) is 5.41 Å². The number of carboxylic acids is 1. The molecular formula is C26H31NO3. The van der Waals surface area contributed by atoms with E-state index in [-0.39, 0.29) is 0 Å². The van der Waals surface area contributed by atoms with Gasteiger partial charge >= 0.3 is 5.97 Å². The second kappa shape index (κ2) is 8.27. The maximum atomic E-state index is 11.4. The molecule has 0 aliphatic carbocycles. The number of ether oxygens (including phenoxy) is 1. The fraction of sp³-hybridized carbons (Fsp3) is 0.423. The summed E-state index contributed by atoms with van der Waals surface area (Å²) in [5, 5.41) is 9.38. The van der Waals surface area contributed by atoms with Crippen LogP contribution in [0.5, 0.6) is 5.75 Å². The number of para-hydroxylation sites is 1. The van der Waals surface area contributed by atoms with E-state index in [1.165, 1.54) is 33.4 Å². The van der Waals surface area contributed by atoms with Gasteiger partial charge in [-0.3, -0.25) is 4.79 Å². The standard InChI is InChI=1S/C26H31NO3/c1-18-8-9-21-20(16-18)17-30-23-7-5-4-6-22(23)24(21)19-10-13-27(14-11-19)15-12-26(2,3)25(28)29/h4-9,16H,10-15,17H2,1-3H3,(H,28,29). The van der Waals surface area contributed by atoms with Crippen molar-refractivity contribution >= 4 is 11.5 Å². The monoisotopic (exact) mass is 405 g/mol. The van der Waals surface area contributed by atoms with E-state index >= 15 is 0 Å². The molecule has 2 heterocycles. The highest BCUT2D eigenvalue weighted by Gasteiger charge is 2.29. The zero-order valence-corrected chi connectivity index (χ0v) is 18.2. The van der Waals surface area contributed by atoms with Crippen molar-refractivity contribution in [3.63, 3.8) is 0 Å². The first-order valence-corrected chi connectivity index (χ1v) is 10.8. The molecule has 1 saturated heterocycles. The molecule has 0 radical (unpaired) electrons. The van der Waals surface area contributed by atoms with Crippen LogP contribution >= 0.6 is 0 Å². The molecule has 2 aromatic carbocycles. The molecule has 0 spiro atoms.